The second kappa shape index (κ2) is 7.73. The topological polar surface area (TPSA) is 57.0 Å². The third-order valence-corrected chi connectivity index (χ3v) is 3.35. The quantitative estimate of drug-likeness (QED) is 0.555. The second-order valence-electron chi connectivity index (χ2n) is 5.88. The molecule has 0 radical (unpaired) electrons. The fourth-order valence-corrected chi connectivity index (χ4v) is 2.32. The van der Waals surface area contributed by atoms with Crippen LogP contribution in [0.25, 0.3) is 0 Å². The Kier molecular flexibility index (Phi) is 5.69. The predicted octanol–water partition coefficient (Wildman–Crippen LogP) is 3.07. The van der Waals surface area contributed by atoms with Gasteiger partial charge in [-0.05, 0) is 37.0 Å². The van der Waals surface area contributed by atoms with Crippen molar-refractivity contribution in [1.82, 2.24) is 15.0 Å². The Morgan fingerprint density at radius 1 is 1.36 bits per heavy atom. The lowest BCUT2D eigenvalue weighted by Gasteiger charge is -2.10. The van der Waals surface area contributed by atoms with Gasteiger partial charge < -0.3 is 4.74 Å². The minimum Gasteiger partial charge on any atom is -0.494 e. The van der Waals surface area contributed by atoms with Crippen LogP contribution in [0.1, 0.15) is 42.0 Å². The summed E-state index contributed by atoms with van der Waals surface area (Å²) < 4.78 is 7.55. The Morgan fingerprint density at radius 2 is 2.18 bits per heavy atom. The van der Waals surface area contributed by atoms with E-state index in [1.165, 1.54) is 5.56 Å². The van der Waals surface area contributed by atoms with Gasteiger partial charge in [0.05, 0.1) is 12.3 Å². The third-order valence-electron chi connectivity index (χ3n) is 3.35. The van der Waals surface area contributed by atoms with Crippen LogP contribution in [0.2, 0.25) is 0 Å². The number of rotatable bonds is 8. The van der Waals surface area contributed by atoms with Gasteiger partial charge in [-0.2, -0.15) is 0 Å². The maximum Gasteiger partial charge on any atom is 0.172 e. The van der Waals surface area contributed by atoms with E-state index in [0.717, 1.165) is 30.6 Å². The summed E-state index contributed by atoms with van der Waals surface area (Å²) in [7, 11) is 0. The van der Waals surface area contributed by atoms with E-state index in [1.54, 1.807) is 0 Å². The molecule has 2 rings (SSSR count). The molecule has 0 saturated carbocycles. The van der Waals surface area contributed by atoms with E-state index >= 15 is 0 Å². The Hall–Kier alpha value is -2.17. The number of carbonyl (C=O) groups excluding carboxylic acids is 1. The van der Waals surface area contributed by atoms with Crippen molar-refractivity contribution in [2.75, 3.05) is 6.61 Å². The summed E-state index contributed by atoms with van der Waals surface area (Å²) >= 11 is 0. The highest BCUT2D eigenvalue weighted by molar-refractivity contribution is 5.73. The second-order valence-corrected chi connectivity index (χ2v) is 5.88. The smallest absolute Gasteiger partial charge is 0.172 e. The molecule has 0 aliphatic rings. The highest BCUT2D eigenvalue weighted by atomic mass is 16.5. The van der Waals surface area contributed by atoms with Gasteiger partial charge in [0, 0.05) is 13.0 Å². The number of aryl methyl sites for hydroxylation is 2. The molecule has 1 aromatic heterocycles. The average molecular weight is 301 g/mol. The third kappa shape index (κ3) is 4.41. The average Bonchev–Trinajstić information content (AvgIpc) is 2.85. The van der Waals surface area contributed by atoms with Crippen LogP contribution in [0.5, 0.6) is 5.75 Å². The standard InChI is InChI=1S/C17H23N3O2/c1-13(2)10-17-16(12-21)18-19-20(17)8-5-9-22-15-7-4-6-14(3)11-15/h4,6-7,11-13H,5,8-10H2,1-3H3. The van der Waals surface area contributed by atoms with Crippen LogP contribution < -0.4 is 4.74 Å². The molecule has 0 bridgehead atoms. The summed E-state index contributed by atoms with van der Waals surface area (Å²) in [6, 6.07) is 8.00. The molecule has 1 aromatic carbocycles. The van der Waals surface area contributed by atoms with Crippen molar-refractivity contribution < 1.29 is 9.53 Å². The molecular formula is C17H23N3O2. The first-order chi connectivity index (χ1) is 10.6. The molecule has 5 nitrogen and oxygen atoms in total. The number of hydrogen-bond acceptors (Lipinski definition) is 4. The number of benzene rings is 1. The lowest BCUT2D eigenvalue weighted by molar-refractivity contribution is 0.111. The molecule has 0 fully saturated rings. The fraction of sp³-hybridized carbons (Fsp3) is 0.471. The van der Waals surface area contributed by atoms with Gasteiger partial charge in [0.25, 0.3) is 0 Å². The van der Waals surface area contributed by atoms with Crippen molar-refractivity contribution in [2.24, 2.45) is 5.92 Å². The van der Waals surface area contributed by atoms with Crippen molar-refractivity contribution in [2.45, 2.75) is 40.2 Å². The van der Waals surface area contributed by atoms with E-state index in [2.05, 4.69) is 24.2 Å². The molecular weight excluding hydrogens is 278 g/mol. The van der Waals surface area contributed by atoms with Gasteiger partial charge in [-0.3, -0.25) is 4.79 Å². The monoisotopic (exact) mass is 301 g/mol. The summed E-state index contributed by atoms with van der Waals surface area (Å²) in [5, 5.41) is 8.02. The van der Waals surface area contributed by atoms with Crippen LogP contribution in [-0.2, 0) is 13.0 Å². The molecule has 0 unspecified atom stereocenters. The maximum absolute atomic E-state index is 11.0. The van der Waals surface area contributed by atoms with Crippen LogP contribution in [-0.4, -0.2) is 27.9 Å². The summed E-state index contributed by atoms with van der Waals surface area (Å²) in [6.45, 7) is 7.59. The van der Waals surface area contributed by atoms with Gasteiger partial charge in [-0.25, -0.2) is 4.68 Å². The van der Waals surface area contributed by atoms with Crippen LogP contribution >= 0.6 is 0 Å². The molecule has 118 valence electrons. The highest BCUT2D eigenvalue weighted by Crippen LogP contribution is 2.14. The summed E-state index contributed by atoms with van der Waals surface area (Å²) in [5.74, 6) is 1.34. The molecule has 0 N–H and O–H groups in total. The number of aldehydes is 1. The van der Waals surface area contributed by atoms with Gasteiger partial charge >= 0.3 is 0 Å². The summed E-state index contributed by atoms with van der Waals surface area (Å²) in [5.41, 5.74) is 2.55. The lowest BCUT2D eigenvalue weighted by Crippen LogP contribution is -2.11. The largest absolute Gasteiger partial charge is 0.494 e. The Morgan fingerprint density at radius 3 is 2.86 bits per heavy atom. The van der Waals surface area contributed by atoms with E-state index in [0.29, 0.717) is 24.8 Å². The molecule has 5 heteroatoms. The van der Waals surface area contributed by atoms with Crippen molar-refractivity contribution in [3.05, 3.63) is 41.2 Å². The van der Waals surface area contributed by atoms with Crippen molar-refractivity contribution >= 4 is 6.29 Å². The first-order valence-electron chi connectivity index (χ1n) is 7.67. The molecule has 0 aliphatic carbocycles. The molecule has 2 aromatic rings. The van der Waals surface area contributed by atoms with Crippen LogP contribution in [0.15, 0.2) is 24.3 Å². The van der Waals surface area contributed by atoms with E-state index in [4.69, 9.17) is 4.74 Å². The van der Waals surface area contributed by atoms with Crippen molar-refractivity contribution in [1.29, 1.82) is 0 Å². The summed E-state index contributed by atoms with van der Waals surface area (Å²) in [6.07, 6.45) is 2.41. The molecule has 0 aliphatic heterocycles. The number of nitrogens with zero attached hydrogens (tertiary/aromatic N) is 3. The predicted molar refractivity (Wildman–Crippen MR) is 85.2 cm³/mol. The van der Waals surface area contributed by atoms with Crippen LogP contribution in [0, 0.1) is 12.8 Å². The lowest BCUT2D eigenvalue weighted by atomic mass is 10.1. The molecule has 22 heavy (non-hydrogen) atoms. The zero-order valence-electron chi connectivity index (χ0n) is 13.5. The maximum atomic E-state index is 11.0. The molecule has 0 atom stereocenters. The molecule has 0 saturated heterocycles. The minimum absolute atomic E-state index is 0.452. The SMILES string of the molecule is Cc1cccc(OCCCn2nnc(C=O)c2CC(C)C)c1. The Bertz CT molecular complexity index is 620. The zero-order chi connectivity index (χ0) is 15.9. The molecule has 0 amide bonds. The first kappa shape index (κ1) is 16.2. The van der Waals surface area contributed by atoms with Gasteiger partial charge in [0.15, 0.2) is 6.29 Å². The first-order valence-corrected chi connectivity index (χ1v) is 7.67. The van der Waals surface area contributed by atoms with Crippen LogP contribution in [0.3, 0.4) is 0 Å². The number of hydrogen-bond donors (Lipinski definition) is 0. The van der Waals surface area contributed by atoms with Gasteiger partial charge in [0.2, 0.25) is 0 Å². The number of carbonyl (C=O) groups is 1. The molecule has 0 spiro atoms. The van der Waals surface area contributed by atoms with Crippen molar-refractivity contribution in [3.8, 4) is 5.75 Å². The fourth-order valence-electron chi connectivity index (χ4n) is 2.32. The highest BCUT2D eigenvalue weighted by Gasteiger charge is 2.13. The van der Waals surface area contributed by atoms with Gasteiger partial charge in [-0.1, -0.05) is 31.2 Å². The van der Waals surface area contributed by atoms with E-state index in [9.17, 15) is 4.79 Å². The number of aromatic nitrogens is 3. The van der Waals surface area contributed by atoms with E-state index in [-0.39, 0.29) is 0 Å². The van der Waals surface area contributed by atoms with E-state index < -0.39 is 0 Å². The van der Waals surface area contributed by atoms with Crippen LogP contribution in [0.4, 0.5) is 0 Å². The Labute approximate surface area is 131 Å². The van der Waals surface area contributed by atoms with Gasteiger partial charge in [0.1, 0.15) is 11.4 Å². The Balaban J connectivity index is 1.89. The minimum atomic E-state index is 0.452. The van der Waals surface area contributed by atoms with E-state index in [1.807, 2.05) is 35.9 Å². The normalized spacial score (nSPS) is 10.9. The zero-order valence-corrected chi connectivity index (χ0v) is 13.5. The molecule has 1 heterocycles. The number of ether oxygens (including phenoxy) is 1. The summed E-state index contributed by atoms with van der Waals surface area (Å²) in [4.78, 5) is 11.0. The van der Waals surface area contributed by atoms with Crippen molar-refractivity contribution in [3.63, 3.8) is 0 Å². The van der Waals surface area contributed by atoms with Gasteiger partial charge in [-0.15, -0.1) is 5.10 Å².